The molecule has 0 radical (unpaired) electrons. The Morgan fingerprint density at radius 3 is 2.61 bits per heavy atom. The highest BCUT2D eigenvalue weighted by Gasteiger charge is 2.07. The molecule has 122 valence electrons. The van der Waals surface area contributed by atoms with Crippen molar-refractivity contribution in [3.05, 3.63) is 65.7 Å². The maximum Gasteiger partial charge on any atom is 0.224 e. The molecule has 2 N–H and O–H groups in total. The van der Waals surface area contributed by atoms with E-state index in [2.05, 4.69) is 5.32 Å². The van der Waals surface area contributed by atoms with Gasteiger partial charge in [-0.15, -0.1) is 0 Å². The first kappa shape index (κ1) is 17.0. The third kappa shape index (κ3) is 6.53. The molecule has 4 nitrogen and oxygen atoms in total. The van der Waals surface area contributed by atoms with Gasteiger partial charge in [0.1, 0.15) is 5.75 Å². The van der Waals surface area contributed by atoms with Crippen LogP contribution in [0.25, 0.3) is 0 Å². The van der Waals surface area contributed by atoms with Gasteiger partial charge in [-0.25, -0.2) is 0 Å². The highest BCUT2D eigenvalue weighted by Crippen LogP contribution is 2.11. The van der Waals surface area contributed by atoms with Crippen molar-refractivity contribution < 1.29 is 14.6 Å². The van der Waals surface area contributed by atoms with Crippen LogP contribution in [0.4, 0.5) is 0 Å². The lowest BCUT2D eigenvalue weighted by atomic mass is 10.1. The van der Waals surface area contributed by atoms with Crippen molar-refractivity contribution in [2.24, 2.45) is 5.92 Å². The number of amides is 1. The molecule has 0 bridgehead atoms. The molecular formula is C19H23NO3. The van der Waals surface area contributed by atoms with E-state index in [1.165, 1.54) is 0 Å². The first-order valence-electron chi connectivity index (χ1n) is 7.80. The van der Waals surface area contributed by atoms with Crippen molar-refractivity contribution in [1.82, 2.24) is 5.32 Å². The average Bonchev–Trinajstić information content (AvgIpc) is 2.54. The standard InChI is InChI=1S/C19H23NO3/c1-15(13-23-14-16-6-3-2-4-7-16)12-20-19(22)11-17-8-5-9-18(21)10-17/h2-10,15,21H,11-14H2,1H3,(H,20,22)/t15-/m0/s1. The van der Waals surface area contributed by atoms with Gasteiger partial charge in [0.25, 0.3) is 0 Å². The summed E-state index contributed by atoms with van der Waals surface area (Å²) in [4.78, 5) is 11.9. The molecule has 0 spiro atoms. The molecule has 0 unspecified atom stereocenters. The quantitative estimate of drug-likeness (QED) is 0.788. The Balaban J connectivity index is 1.63. The number of phenolic OH excluding ortho intramolecular Hbond substituents is 1. The Kier molecular flexibility index (Phi) is 6.63. The normalized spacial score (nSPS) is 11.9. The van der Waals surface area contributed by atoms with Gasteiger partial charge in [0.2, 0.25) is 5.91 Å². The highest BCUT2D eigenvalue weighted by atomic mass is 16.5. The number of nitrogens with one attached hydrogen (secondary N) is 1. The van der Waals surface area contributed by atoms with Crippen LogP contribution in [0.15, 0.2) is 54.6 Å². The topological polar surface area (TPSA) is 58.6 Å². The largest absolute Gasteiger partial charge is 0.508 e. The molecule has 0 saturated heterocycles. The molecule has 0 heterocycles. The van der Waals surface area contributed by atoms with Crippen LogP contribution in [0.5, 0.6) is 5.75 Å². The second-order valence-electron chi connectivity index (χ2n) is 5.76. The summed E-state index contributed by atoms with van der Waals surface area (Å²) in [5.41, 5.74) is 1.95. The van der Waals surface area contributed by atoms with Crippen LogP contribution in [-0.2, 0) is 22.6 Å². The van der Waals surface area contributed by atoms with Gasteiger partial charge < -0.3 is 15.2 Å². The van der Waals surface area contributed by atoms with Gasteiger partial charge in [0, 0.05) is 6.54 Å². The van der Waals surface area contributed by atoms with E-state index in [0.717, 1.165) is 11.1 Å². The number of carbonyl (C=O) groups excluding carboxylic acids is 1. The fraction of sp³-hybridized carbons (Fsp3) is 0.316. The van der Waals surface area contributed by atoms with Crippen molar-refractivity contribution in [2.75, 3.05) is 13.2 Å². The Hall–Kier alpha value is -2.33. The highest BCUT2D eigenvalue weighted by molar-refractivity contribution is 5.78. The van der Waals surface area contributed by atoms with Gasteiger partial charge in [-0.2, -0.15) is 0 Å². The number of hydrogen-bond donors (Lipinski definition) is 2. The van der Waals surface area contributed by atoms with E-state index in [4.69, 9.17) is 4.74 Å². The van der Waals surface area contributed by atoms with Gasteiger partial charge in [-0.1, -0.05) is 49.4 Å². The molecule has 0 aromatic heterocycles. The van der Waals surface area contributed by atoms with E-state index < -0.39 is 0 Å². The molecule has 4 heteroatoms. The van der Waals surface area contributed by atoms with Gasteiger partial charge in [-0.3, -0.25) is 4.79 Å². The second-order valence-corrected chi connectivity index (χ2v) is 5.76. The fourth-order valence-electron chi connectivity index (χ4n) is 2.21. The van der Waals surface area contributed by atoms with Crippen molar-refractivity contribution in [1.29, 1.82) is 0 Å². The van der Waals surface area contributed by atoms with Crippen molar-refractivity contribution in [2.45, 2.75) is 20.0 Å². The summed E-state index contributed by atoms with van der Waals surface area (Å²) in [7, 11) is 0. The Labute approximate surface area is 137 Å². The summed E-state index contributed by atoms with van der Waals surface area (Å²) in [5.74, 6) is 0.371. The number of aromatic hydroxyl groups is 1. The van der Waals surface area contributed by atoms with Crippen LogP contribution in [0.1, 0.15) is 18.1 Å². The second kappa shape index (κ2) is 8.96. The lowest BCUT2D eigenvalue weighted by Gasteiger charge is -2.13. The molecule has 0 aliphatic rings. The first-order chi connectivity index (χ1) is 11.1. The van der Waals surface area contributed by atoms with Crippen LogP contribution >= 0.6 is 0 Å². The zero-order valence-corrected chi connectivity index (χ0v) is 13.4. The molecule has 2 rings (SSSR count). The summed E-state index contributed by atoms with van der Waals surface area (Å²) in [5, 5.41) is 12.3. The van der Waals surface area contributed by atoms with Crippen molar-refractivity contribution in [3.63, 3.8) is 0 Å². The van der Waals surface area contributed by atoms with Crippen LogP contribution in [0.2, 0.25) is 0 Å². The van der Waals surface area contributed by atoms with E-state index in [9.17, 15) is 9.90 Å². The number of rotatable bonds is 8. The monoisotopic (exact) mass is 313 g/mol. The average molecular weight is 313 g/mol. The maximum absolute atomic E-state index is 11.9. The smallest absolute Gasteiger partial charge is 0.224 e. The fourth-order valence-corrected chi connectivity index (χ4v) is 2.21. The van der Waals surface area contributed by atoms with Gasteiger partial charge in [0.05, 0.1) is 19.6 Å². The summed E-state index contributed by atoms with van der Waals surface area (Å²) in [6.07, 6.45) is 0.270. The van der Waals surface area contributed by atoms with Crippen molar-refractivity contribution >= 4 is 5.91 Å². The molecule has 0 fully saturated rings. The Bertz CT molecular complexity index is 613. The van der Waals surface area contributed by atoms with Crippen LogP contribution in [0.3, 0.4) is 0 Å². The van der Waals surface area contributed by atoms with Crippen LogP contribution in [0, 0.1) is 5.92 Å². The van der Waals surface area contributed by atoms with E-state index in [-0.39, 0.29) is 24.0 Å². The minimum Gasteiger partial charge on any atom is -0.508 e. The number of ether oxygens (including phenoxy) is 1. The van der Waals surface area contributed by atoms with E-state index in [0.29, 0.717) is 19.8 Å². The number of benzene rings is 2. The molecule has 0 aliphatic heterocycles. The van der Waals surface area contributed by atoms with E-state index >= 15 is 0 Å². The third-order valence-electron chi connectivity index (χ3n) is 3.44. The van der Waals surface area contributed by atoms with Gasteiger partial charge >= 0.3 is 0 Å². The van der Waals surface area contributed by atoms with E-state index in [1.54, 1.807) is 18.2 Å². The minimum absolute atomic E-state index is 0.0505. The SMILES string of the molecule is C[C@@H](CNC(=O)Cc1cccc(O)c1)COCc1ccccc1. The van der Waals surface area contributed by atoms with Crippen LogP contribution < -0.4 is 5.32 Å². The zero-order chi connectivity index (χ0) is 16.5. The summed E-state index contributed by atoms with van der Waals surface area (Å²) < 4.78 is 5.66. The summed E-state index contributed by atoms with van der Waals surface area (Å²) in [6.45, 7) is 3.80. The Morgan fingerprint density at radius 1 is 1.13 bits per heavy atom. The number of phenols is 1. The van der Waals surface area contributed by atoms with Gasteiger partial charge in [-0.05, 0) is 29.2 Å². The molecule has 1 amide bonds. The molecule has 0 saturated carbocycles. The lowest BCUT2D eigenvalue weighted by Crippen LogP contribution is -2.31. The van der Waals surface area contributed by atoms with Gasteiger partial charge in [0.15, 0.2) is 0 Å². The molecule has 2 aromatic rings. The predicted molar refractivity (Wildman–Crippen MR) is 90.1 cm³/mol. The van der Waals surface area contributed by atoms with Crippen LogP contribution in [-0.4, -0.2) is 24.2 Å². The number of carbonyl (C=O) groups is 1. The molecule has 2 aromatic carbocycles. The molecule has 23 heavy (non-hydrogen) atoms. The third-order valence-corrected chi connectivity index (χ3v) is 3.44. The first-order valence-corrected chi connectivity index (χ1v) is 7.80. The van der Waals surface area contributed by atoms with E-state index in [1.807, 2.05) is 43.3 Å². The zero-order valence-electron chi connectivity index (χ0n) is 13.4. The minimum atomic E-state index is -0.0505. The lowest BCUT2D eigenvalue weighted by molar-refractivity contribution is -0.120. The predicted octanol–water partition coefficient (Wildman–Crippen LogP) is 2.90. The molecule has 0 aliphatic carbocycles. The summed E-state index contributed by atoms with van der Waals surface area (Å²) in [6, 6.07) is 16.8. The molecular weight excluding hydrogens is 290 g/mol. The molecule has 1 atom stereocenters. The number of hydrogen-bond acceptors (Lipinski definition) is 3. The summed E-state index contributed by atoms with van der Waals surface area (Å²) >= 11 is 0. The van der Waals surface area contributed by atoms with Crippen molar-refractivity contribution in [3.8, 4) is 5.75 Å². The Morgan fingerprint density at radius 2 is 1.87 bits per heavy atom. The maximum atomic E-state index is 11.9.